The van der Waals surface area contributed by atoms with E-state index in [1.54, 1.807) is 0 Å². The molecule has 0 saturated carbocycles. The molecule has 10 aromatic rings. The Balaban J connectivity index is 1.27. The molecule has 0 N–H and O–H groups in total. The molecule has 6 heteroatoms. The van der Waals surface area contributed by atoms with E-state index in [1.165, 1.54) is 20.2 Å². The normalized spacial score (nSPS) is 11.4. The van der Waals surface area contributed by atoms with Crippen molar-refractivity contribution in [2.75, 3.05) is 0 Å². The van der Waals surface area contributed by atoms with Crippen molar-refractivity contribution < 1.29 is 0 Å². The molecule has 0 unspecified atom stereocenters. The van der Waals surface area contributed by atoms with Crippen LogP contribution >= 0.6 is 11.3 Å². The van der Waals surface area contributed by atoms with E-state index in [4.69, 9.17) is 15.0 Å². The maximum atomic E-state index is 9.79. The average molecular weight is 682 g/mol. The molecule has 7 aromatic carbocycles. The Bertz CT molecular complexity index is 2970. The van der Waals surface area contributed by atoms with Crippen LogP contribution in [0.4, 0.5) is 0 Å². The number of fused-ring (bicyclic) bond motifs is 6. The van der Waals surface area contributed by atoms with Crippen LogP contribution in [-0.4, -0.2) is 19.5 Å². The van der Waals surface area contributed by atoms with Crippen molar-refractivity contribution in [2.45, 2.75) is 0 Å². The van der Waals surface area contributed by atoms with Crippen LogP contribution in [0.25, 0.3) is 93.0 Å². The number of nitriles is 1. The predicted molar refractivity (Wildman–Crippen MR) is 214 cm³/mol. The number of nitrogens with zero attached hydrogens (tertiary/aromatic N) is 5. The first-order valence-corrected chi connectivity index (χ1v) is 17.9. The topological polar surface area (TPSA) is 67.4 Å². The molecule has 0 radical (unpaired) electrons. The van der Waals surface area contributed by atoms with Crippen molar-refractivity contribution >= 4 is 53.3 Å². The van der Waals surface area contributed by atoms with Crippen LogP contribution < -0.4 is 0 Å². The van der Waals surface area contributed by atoms with Crippen LogP contribution in [-0.2, 0) is 0 Å². The first-order valence-electron chi connectivity index (χ1n) is 17.1. The van der Waals surface area contributed by atoms with Gasteiger partial charge in [-0.25, -0.2) is 15.0 Å². The molecule has 3 heterocycles. The van der Waals surface area contributed by atoms with Gasteiger partial charge in [-0.3, -0.25) is 0 Å². The van der Waals surface area contributed by atoms with Gasteiger partial charge in [0.2, 0.25) is 0 Å². The fourth-order valence-electron chi connectivity index (χ4n) is 7.23. The molecule has 5 nitrogen and oxygen atoms in total. The Morgan fingerprint density at radius 3 is 1.79 bits per heavy atom. The van der Waals surface area contributed by atoms with E-state index in [0.29, 0.717) is 23.0 Å². The van der Waals surface area contributed by atoms with E-state index < -0.39 is 0 Å². The molecule has 0 aliphatic carbocycles. The minimum absolute atomic E-state index is 0.576. The zero-order chi connectivity index (χ0) is 34.6. The lowest BCUT2D eigenvalue weighted by Gasteiger charge is -2.16. The second kappa shape index (κ2) is 12.1. The van der Waals surface area contributed by atoms with Crippen molar-refractivity contribution in [3.8, 4) is 57.0 Å². The molecule has 0 atom stereocenters. The minimum atomic E-state index is 0.576. The quantitative estimate of drug-likeness (QED) is 0.181. The Labute approximate surface area is 303 Å². The lowest BCUT2D eigenvalue weighted by Crippen LogP contribution is -2.04. The lowest BCUT2D eigenvalue weighted by atomic mass is 9.99. The zero-order valence-electron chi connectivity index (χ0n) is 27.7. The molecule has 10 rings (SSSR count). The number of hydrogen-bond acceptors (Lipinski definition) is 5. The highest BCUT2D eigenvalue weighted by Crippen LogP contribution is 2.40. The van der Waals surface area contributed by atoms with Gasteiger partial charge in [0.05, 0.1) is 28.4 Å². The van der Waals surface area contributed by atoms with Gasteiger partial charge >= 0.3 is 0 Å². The Morgan fingerprint density at radius 1 is 0.442 bits per heavy atom. The summed E-state index contributed by atoms with van der Waals surface area (Å²) in [6.07, 6.45) is 0. The van der Waals surface area contributed by atoms with Gasteiger partial charge in [0.15, 0.2) is 17.5 Å². The molecule has 0 amide bonds. The SMILES string of the molecule is N#Cc1ccc2c(c1)c1ccccc1n2-c1ccc(-c2ccc3c(c2)sc2ccccc23)cc1-c1nc(-c2ccccc2)nc(-c2ccccc2)n1. The summed E-state index contributed by atoms with van der Waals surface area (Å²) in [6, 6.07) is 58.6. The summed E-state index contributed by atoms with van der Waals surface area (Å²) in [5.41, 5.74) is 8.48. The molecule has 0 bridgehead atoms. The first kappa shape index (κ1) is 29.9. The molecule has 52 heavy (non-hydrogen) atoms. The van der Waals surface area contributed by atoms with Crippen LogP contribution in [0.2, 0.25) is 0 Å². The van der Waals surface area contributed by atoms with Gasteiger partial charge in [0.25, 0.3) is 0 Å². The van der Waals surface area contributed by atoms with Crippen LogP contribution in [0.3, 0.4) is 0 Å². The molecule has 0 aliphatic rings. The first-order chi connectivity index (χ1) is 25.7. The molecule has 3 aromatic heterocycles. The molecular weight excluding hydrogens is 655 g/mol. The van der Waals surface area contributed by atoms with Crippen molar-refractivity contribution in [3.05, 3.63) is 169 Å². The second-order valence-electron chi connectivity index (χ2n) is 12.8. The van der Waals surface area contributed by atoms with Gasteiger partial charge in [-0.05, 0) is 59.7 Å². The van der Waals surface area contributed by atoms with Crippen LogP contribution in [0.5, 0.6) is 0 Å². The number of para-hydroxylation sites is 1. The van der Waals surface area contributed by atoms with E-state index in [9.17, 15) is 5.26 Å². The third-order valence-electron chi connectivity index (χ3n) is 9.69. The van der Waals surface area contributed by atoms with Crippen molar-refractivity contribution in [1.29, 1.82) is 5.26 Å². The molecule has 0 spiro atoms. The van der Waals surface area contributed by atoms with E-state index in [1.807, 2.05) is 96.3 Å². The smallest absolute Gasteiger partial charge is 0.166 e. The van der Waals surface area contributed by atoms with Crippen molar-refractivity contribution in [3.63, 3.8) is 0 Å². The summed E-state index contributed by atoms with van der Waals surface area (Å²) in [5.74, 6) is 1.79. The summed E-state index contributed by atoms with van der Waals surface area (Å²) >= 11 is 1.82. The highest BCUT2D eigenvalue weighted by Gasteiger charge is 2.21. The monoisotopic (exact) mass is 681 g/mol. The largest absolute Gasteiger partial charge is 0.308 e. The second-order valence-corrected chi connectivity index (χ2v) is 13.9. The van der Waals surface area contributed by atoms with Gasteiger partial charge in [-0.1, -0.05) is 115 Å². The molecule has 242 valence electrons. The van der Waals surface area contributed by atoms with Crippen LogP contribution in [0, 0.1) is 11.3 Å². The minimum Gasteiger partial charge on any atom is -0.308 e. The summed E-state index contributed by atoms with van der Waals surface area (Å²) in [5, 5.41) is 14.4. The average Bonchev–Trinajstić information content (AvgIpc) is 3.76. The third kappa shape index (κ3) is 4.95. The zero-order valence-corrected chi connectivity index (χ0v) is 28.5. The van der Waals surface area contributed by atoms with Gasteiger partial charge in [0.1, 0.15) is 0 Å². The van der Waals surface area contributed by atoms with E-state index >= 15 is 0 Å². The summed E-state index contributed by atoms with van der Waals surface area (Å²) in [6.45, 7) is 0. The number of aromatic nitrogens is 4. The maximum absolute atomic E-state index is 9.79. The fourth-order valence-corrected chi connectivity index (χ4v) is 8.37. The highest BCUT2D eigenvalue weighted by molar-refractivity contribution is 7.25. The maximum Gasteiger partial charge on any atom is 0.166 e. The van der Waals surface area contributed by atoms with E-state index in [0.717, 1.165) is 55.3 Å². The van der Waals surface area contributed by atoms with Gasteiger partial charge < -0.3 is 4.57 Å². The molecule has 0 saturated heterocycles. The Hall–Kier alpha value is -6.94. The number of benzene rings is 7. The third-order valence-corrected chi connectivity index (χ3v) is 10.8. The fraction of sp³-hybridized carbons (Fsp3) is 0. The van der Waals surface area contributed by atoms with E-state index in [2.05, 4.69) is 89.5 Å². The lowest BCUT2D eigenvalue weighted by molar-refractivity contribution is 1.06. The van der Waals surface area contributed by atoms with Gasteiger partial charge in [-0.2, -0.15) is 5.26 Å². The molecule has 0 fully saturated rings. The molecular formula is C46H27N5S. The highest BCUT2D eigenvalue weighted by atomic mass is 32.1. The van der Waals surface area contributed by atoms with Crippen LogP contribution in [0.15, 0.2) is 164 Å². The number of thiophene rings is 1. The number of hydrogen-bond donors (Lipinski definition) is 0. The summed E-state index contributed by atoms with van der Waals surface area (Å²) in [7, 11) is 0. The van der Waals surface area contributed by atoms with Gasteiger partial charge in [0, 0.05) is 47.6 Å². The van der Waals surface area contributed by atoms with Gasteiger partial charge in [-0.15, -0.1) is 11.3 Å². The van der Waals surface area contributed by atoms with Crippen molar-refractivity contribution in [1.82, 2.24) is 19.5 Å². The van der Waals surface area contributed by atoms with Crippen molar-refractivity contribution in [2.24, 2.45) is 0 Å². The van der Waals surface area contributed by atoms with Crippen LogP contribution in [0.1, 0.15) is 5.56 Å². The number of rotatable bonds is 5. The Kier molecular flexibility index (Phi) is 6.98. The standard InChI is InChI=1S/C46H27N5S/c47-28-29-19-23-40-37(25-29)34-15-7-9-17-39(34)51(40)41-24-21-32(33-20-22-36-35-16-8-10-18-42(35)52-43(36)27-33)26-38(41)46-49-44(30-11-3-1-4-12-30)48-45(50-46)31-13-5-2-6-14-31/h1-27H. The summed E-state index contributed by atoms with van der Waals surface area (Å²) in [4.78, 5) is 15.4. The Morgan fingerprint density at radius 2 is 1.04 bits per heavy atom. The van der Waals surface area contributed by atoms with E-state index in [-0.39, 0.29) is 0 Å². The summed E-state index contributed by atoms with van der Waals surface area (Å²) < 4.78 is 4.80. The predicted octanol–water partition coefficient (Wildman–Crippen LogP) is 11.9. The molecule has 0 aliphatic heterocycles.